The topological polar surface area (TPSA) is 96.0 Å². The summed E-state index contributed by atoms with van der Waals surface area (Å²) in [5, 5.41) is 2.90. The van der Waals surface area contributed by atoms with Crippen LogP contribution in [0.2, 0.25) is 5.02 Å². The molecule has 2 aromatic rings. The lowest BCUT2D eigenvalue weighted by Gasteiger charge is -2.15. The van der Waals surface area contributed by atoms with E-state index in [0.717, 1.165) is 11.4 Å². The van der Waals surface area contributed by atoms with Gasteiger partial charge in [0, 0.05) is 11.4 Å². The molecule has 1 atom stereocenters. The van der Waals surface area contributed by atoms with Crippen LogP contribution in [0, 0.1) is 13.8 Å². The number of benzene rings is 1. The molecule has 0 saturated carbocycles. The van der Waals surface area contributed by atoms with Crippen molar-refractivity contribution in [3.63, 3.8) is 0 Å². The zero-order valence-corrected chi connectivity index (χ0v) is 14.3. The maximum atomic E-state index is 12.1. The summed E-state index contributed by atoms with van der Waals surface area (Å²) < 4.78 is 0. The number of hydrazine groups is 1. The van der Waals surface area contributed by atoms with Crippen LogP contribution in [-0.4, -0.2) is 27.8 Å². The molecule has 24 heavy (non-hydrogen) atoms. The first kappa shape index (κ1) is 17.7. The van der Waals surface area contributed by atoms with Gasteiger partial charge in [-0.15, -0.1) is 0 Å². The number of carbonyl (C=O) groups excluding carboxylic acids is 2. The first-order valence-corrected chi connectivity index (χ1v) is 7.68. The van der Waals surface area contributed by atoms with Gasteiger partial charge in [0.05, 0.1) is 10.6 Å². The number of hydrogen-bond acceptors (Lipinski definition) is 5. The Morgan fingerprint density at radius 1 is 1.12 bits per heavy atom. The van der Waals surface area contributed by atoms with Crippen LogP contribution in [0.15, 0.2) is 30.3 Å². The fraction of sp³-hybridized carbons (Fsp3) is 0.250. The van der Waals surface area contributed by atoms with Crippen LogP contribution in [0.1, 0.15) is 28.7 Å². The van der Waals surface area contributed by atoms with Crippen molar-refractivity contribution in [2.24, 2.45) is 0 Å². The number of nitrogens with one attached hydrogen (secondary N) is 3. The largest absolute Gasteiger partial charge is 0.340 e. The minimum atomic E-state index is -0.771. The summed E-state index contributed by atoms with van der Waals surface area (Å²) in [4.78, 5) is 32.5. The number of halogens is 1. The Morgan fingerprint density at radius 2 is 1.75 bits per heavy atom. The number of rotatable bonds is 5. The second-order valence-electron chi connectivity index (χ2n) is 5.26. The smallest absolute Gasteiger partial charge is 0.260 e. The Morgan fingerprint density at radius 3 is 2.38 bits per heavy atom. The van der Waals surface area contributed by atoms with Gasteiger partial charge in [0.25, 0.3) is 11.8 Å². The van der Waals surface area contributed by atoms with Gasteiger partial charge in [-0.2, -0.15) is 0 Å². The van der Waals surface area contributed by atoms with Crippen LogP contribution in [-0.2, 0) is 4.79 Å². The Kier molecular flexibility index (Phi) is 5.70. The van der Waals surface area contributed by atoms with Gasteiger partial charge in [0.1, 0.15) is 6.04 Å². The van der Waals surface area contributed by atoms with Crippen LogP contribution in [0.4, 0.5) is 5.95 Å². The normalized spacial score (nSPS) is 11.5. The van der Waals surface area contributed by atoms with E-state index in [9.17, 15) is 9.59 Å². The van der Waals surface area contributed by atoms with Crippen LogP contribution >= 0.6 is 11.6 Å². The van der Waals surface area contributed by atoms with Gasteiger partial charge in [-0.25, -0.2) is 9.97 Å². The molecule has 3 N–H and O–H groups in total. The Labute approximate surface area is 144 Å². The molecular weight excluding hydrogens is 330 g/mol. The third kappa shape index (κ3) is 4.66. The second kappa shape index (κ2) is 7.74. The van der Waals surface area contributed by atoms with Crippen LogP contribution in [0.5, 0.6) is 0 Å². The third-order valence-electron chi connectivity index (χ3n) is 3.14. The molecule has 0 radical (unpaired) electrons. The molecule has 0 fully saturated rings. The highest BCUT2D eigenvalue weighted by molar-refractivity contribution is 6.33. The molecule has 0 aliphatic rings. The molecule has 0 bridgehead atoms. The molecule has 1 aromatic heterocycles. The average molecular weight is 348 g/mol. The van der Waals surface area contributed by atoms with Crippen molar-refractivity contribution in [3.05, 3.63) is 52.3 Å². The molecule has 1 aromatic carbocycles. The van der Waals surface area contributed by atoms with Crippen LogP contribution in [0.25, 0.3) is 0 Å². The van der Waals surface area contributed by atoms with Gasteiger partial charge in [0.15, 0.2) is 0 Å². The lowest BCUT2D eigenvalue weighted by molar-refractivity contribution is -0.122. The van der Waals surface area contributed by atoms with Gasteiger partial charge in [-0.3, -0.25) is 20.4 Å². The number of amides is 2. The number of carbonyl (C=O) groups is 2. The fourth-order valence-electron chi connectivity index (χ4n) is 1.99. The van der Waals surface area contributed by atoms with Crippen molar-refractivity contribution in [1.82, 2.24) is 20.7 Å². The maximum Gasteiger partial charge on any atom is 0.260 e. The minimum Gasteiger partial charge on any atom is -0.340 e. The highest BCUT2D eigenvalue weighted by Gasteiger charge is 2.18. The number of aryl methyl sites for hydroxylation is 2. The van der Waals surface area contributed by atoms with E-state index in [1.807, 2.05) is 19.9 Å². The summed E-state index contributed by atoms with van der Waals surface area (Å²) >= 11 is 5.96. The van der Waals surface area contributed by atoms with Crippen molar-refractivity contribution < 1.29 is 9.59 Å². The molecule has 0 spiro atoms. The van der Waals surface area contributed by atoms with E-state index in [1.165, 1.54) is 0 Å². The summed E-state index contributed by atoms with van der Waals surface area (Å²) in [7, 11) is 0. The third-order valence-corrected chi connectivity index (χ3v) is 3.47. The summed E-state index contributed by atoms with van der Waals surface area (Å²) in [6.45, 7) is 5.22. The number of anilines is 1. The monoisotopic (exact) mass is 347 g/mol. The maximum absolute atomic E-state index is 12.1. The molecule has 2 amide bonds. The van der Waals surface area contributed by atoms with E-state index in [4.69, 9.17) is 11.6 Å². The Bertz CT molecular complexity index is 746. The van der Waals surface area contributed by atoms with E-state index in [2.05, 4.69) is 26.1 Å². The summed E-state index contributed by atoms with van der Waals surface area (Å²) in [5.74, 6) is -0.574. The zero-order chi connectivity index (χ0) is 17.7. The molecular formula is C16H18ClN5O2. The molecule has 0 aliphatic heterocycles. The molecule has 0 unspecified atom stereocenters. The predicted molar refractivity (Wildman–Crippen MR) is 91.7 cm³/mol. The van der Waals surface area contributed by atoms with Crippen LogP contribution in [0.3, 0.4) is 0 Å². The lowest BCUT2D eigenvalue weighted by Crippen LogP contribution is -2.46. The second-order valence-corrected chi connectivity index (χ2v) is 5.67. The molecule has 0 saturated heterocycles. The average Bonchev–Trinajstić information content (AvgIpc) is 2.52. The predicted octanol–water partition coefficient (Wildman–Crippen LogP) is 2.01. The van der Waals surface area contributed by atoms with Gasteiger partial charge >= 0.3 is 0 Å². The van der Waals surface area contributed by atoms with E-state index in [-0.39, 0.29) is 5.95 Å². The summed E-state index contributed by atoms with van der Waals surface area (Å²) in [5.41, 5.74) is 6.96. The number of hydrogen-bond donors (Lipinski definition) is 3. The molecule has 0 aliphatic carbocycles. The van der Waals surface area contributed by atoms with Crippen molar-refractivity contribution in [2.75, 3.05) is 5.43 Å². The standard InChI is InChI=1S/C16H18ClN5O2/c1-9-8-10(2)19-16(18-9)22-21-14(23)11(3)20-15(24)12-6-4-5-7-13(12)17/h4-8,11H,1-3H3,(H,20,24)(H,21,23)(H,18,19,22)/t11-/m1/s1. The van der Waals surface area contributed by atoms with E-state index in [1.54, 1.807) is 31.2 Å². The van der Waals surface area contributed by atoms with E-state index in [0.29, 0.717) is 10.6 Å². The highest BCUT2D eigenvalue weighted by Crippen LogP contribution is 2.14. The van der Waals surface area contributed by atoms with Crippen molar-refractivity contribution in [3.8, 4) is 0 Å². The number of nitrogens with zero attached hydrogens (tertiary/aromatic N) is 2. The SMILES string of the molecule is Cc1cc(C)nc(NNC(=O)[C@@H](C)NC(=O)c2ccccc2Cl)n1. The fourth-order valence-corrected chi connectivity index (χ4v) is 2.21. The first-order chi connectivity index (χ1) is 11.4. The van der Waals surface area contributed by atoms with Crippen molar-refractivity contribution in [2.45, 2.75) is 26.8 Å². The van der Waals surface area contributed by atoms with Gasteiger partial charge in [-0.05, 0) is 39.0 Å². The van der Waals surface area contributed by atoms with Gasteiger partial charge in [-0.1, -0.05) is 23.7 Å². The molecule has 7 nitrogen and oxygen atoms in total. The molecule has 8 heteroatoms. The zero-order valence-electron chi connectivity index (χ0n) is 13.6. The van der Waals surface area contributed by atoms with E-state index < -0.39 is 17.9 Å². The van der Waals surface area contributed by atoms with E-state index >= 15 is 0 Å². The summed E-state index contributed by atoms with van der Waals surface area (Å²) in [6, 6.07) is 7.67. The molecule has 2 rings (SSSR count). The quantitative estimate of drug-likeness (QED) is 0.719. The van der Waals surface area contributed by atoms with Gasteiger partial charge < -0.3 is 5.32 Å². The lowest BCUT2D eigenvalue weighted by atomic mass is 10.2. The Hall–Kier alpha value is -2.67. The van der Waals surface area contributed by atoms with Crippen molar-refractivity contribution in [1.29, 1.82) is 0 Å². The highest BCUT2D eigenvalue weighted by atomic mass is 35.5. The molecule has 1 heterocycles. The van der Waals surface area contributed by atoms with Gasteiger partial charge in [0.2, 0.25) is 5.95 Å². The minimum absolute atomic E-state index is 0.283. The number of aromatic nitrogens is 2. The van der Waals surface area contributed by atoms with Crippen LogP contribution < -0.4 is 16.2 Å². The summed E-state index contributed by atoms with van der Waals surface area (Å²) in [6.07, 6.45) is 0. The first-order valence-electron chi connectivity index (χ1n) is 7.30. The van der Waals surface area contributed by atoms with Crippen molar-refractivity contribution >= 4 is 29.4 Å². The molecule has 126 valence electrons. The Balaban J connectivity index is 1.92.